The molecule has 7 rings (SSSR count). The number of nitrogen functional groups attached to an aromatic ring is 2. The number of H-pyrrole nitrogens is 1. The van der Waals surface area contributed by atoms with Crippen molar-refractivity contribution in [3.63, 3.8) is 0 Å². The maximum absolute atomic E-state index is 13.4. The molecule has 4 aromatic heterocycles. The first-order valence-electron chi connectivity index (χ1n) is 14.0. The van der Waals surface area contributed by atoms with E-state index in [0.717, 1.165) is 17.2 Å². The van der Waals surface area contributed by atoms with Crippen LogP contribution in [0.25, 0.3) is 22.2 Å². The van der Waals surface area contributed by atoms with Gasteiger partial charge in [0.05, 0.1) is 5.39 Å². The standard InChI is InChI=1S/C22H24F3IN9O13P2/c23-22(24,25)26-46-13-9-4-43-49(38,39)47-12-8(44-19(11(12)36)34-2-1-7-15(27)29-5-30-16(7)34)3-42-50(40,41)48-14(13)20(45-9)35-6-31-10-17(35)32-21(28)33-18(10)37/h1-2,5-6,8-9,11-14,19-20,36H,3-4H2,(H,38,39)(H,40,41)(H2,27,29,30)(H3,28,32,33,37)/q-1/t8-,9-,11?,12?,13?,14?,19-,20-/m1/s1. The molecule has 28 heteroatoms. The number of anilines is 2. The average Bonchev–Trinajstić information content (AvgIpc) is 3.78. The molecule has 0 spiro atoms. The van der Waals surface area contributed by atoms with Crippen LogP contribution in [0.15, 0.2) is 29.7 Å². The van der Waals surface area contributed by atoms with Crippen molar-refractivity contribution in [3.8, 4) is 0 Å². The Bertz CT molecular complexity index is 2090. The molecule has 22 nitrogen and oxygen atoms in total. The van der Waals surface area contributed by atoms with Crippen molar-refractivity contribution in [1.29, 1.82) is 0 Å². The van der Waals surface area contributed by atoms with Crippen LogP contribution in [0.3, 0.4) is 0 Å². The summed E-state index contributed by atoms with van der Waals surface area (Å²) in [5.74, 6) is -0.290. The Balaban J connectivity index is 1.24. The number of aromatic nitrogens is 7. The Kier molecular flexibility index (Phi) is 9.23. The molecule has 10 atom stereocenters. The number of phosphoric ester groups is 2. The second kappa shape index (κ2) is 13.0. The number of hydrogen-bond donors (Lipinski definition) is 6. The predicted octanol–water partition coefficient (Wildman–Crippen LogP) is -3.19. The zero-order chi connectivity index (χ0) is 35.7. The van der Waals surface area contributed by atoms with Gasteiger partial charge in [-0.3, -0.25) is 0 Å². The number of aromatic amines is 1. The van der Waals surface area contributed by atoms with Crippen molar-refractivity contribution in [2.45, 2.75) is 53.3 Å². The Labute approximate surface area is 285 Å². The number of nitrogens with zero attached hydrogens (tertiary/aromatic N) is 6. The van der Waals surface area contributed by atoms with Crippen LogP contribution in [0.5, 0.6) is 0 Å². The molecule has 50 heavy (non-hydrogen) atoms. The molecule has 4 aromatic rings. The first-order valence-corrected chi connectivity index (χ1v) is 18.9. The minimum absolute atomic E-state index is 0.0968. The van der Waals surface area contributed by atoms with Gasteiger partial charge in [0, 0.05) is 0 Å². The van der Waals surface area contributed by atoms with Gasteiger partial charge in [-0.2, -0.15) is 0 Å². The van der Waals surface area contributed by atoms with Crippen LogP contribution in [0.1, 0.15) is 12.5 Å². The molecule has 274 valence electrons. The van der Waals surface area contributed by atoms with Crippen molar-refractivity contribution in [3.05, 3.63) is 35.3 Å². The number of nitrogens with one attached hydrogen (secondary N) is 1. The second-order valence-corrected chi connectivity index (χ2v) is 15.8. The second-order valence-electron chi connectivity index (χ2n) is 10.8. The van der Waals surface area contributed by atoms with Crippen molar-refractivity contribution in [2.24, 2.45) is 0 Å². The van der Waals surface area contributed by atoms with Crippen LogP contribution in [0.4, 0.5) is 24.9 Å². The van der Waals surface area contributed by atoms with Crippen molar-refractivity contribution >= 4 is 49.6 Å². The summed E-state index contributed by atoms with van der Waals surface area (Å²) in [5.41, 5.74) is 10.4. The van der Waals surface area contributed by atoms with Gasteiger partial charge in [-0.1, -0.05) is 0 Å². The summed E-state index contributed by atoms with van der Waals surface area (Å²) >= 11 is -3.12. The van der Waals surface area contributed by atoms with Gasteiger partial charge in [-0.25, -0.2) is 9.97 Å². The van der Waals surface area contributed by atoms with E-state index in [1.54, 1.807) is 0 Å². The number of hydrogen-bond acceptors (Lipinski definition) is 17. The van der Waals surface area contributed by atoms with Gasteiger partial charge in [0.1, 0.15) is 12.1 Å². The fraction of sp³-hybridized carbons (Fsp3) is 0.500. The van der Waals surface area contributed by atoms with Gasteiger partial charge in [0.2, 0.25) is 0 Å². The van der Waals surface area contributed by atoms with E-state index in [4.69, 9.17) is 42.1 Å². The number of rotatable bonds is 4. The van der Waals surface area contributed by atoms with Gasteiger partial charge in [-0.15, -0.1) is 0 Å². The molecule has 3 aliphatic heterocycles. The number of imidazole rings is 1. The summed E-state index contributed by atoms with van der Waals surface area (Å²) in [5, 5.41) is 11.6. The van der Waals surface area contributed by atoms with Gasteiger partial charge in [-0.05, 0) is 6.07 Å². The number of alkyl halides is 4. The van der Waals surface area contributed by atoms with E-state index >= 15 is 0 Å². The molecule has 0 amide bonds. The summed E-state index contributed by atoms with van der Waals surface area (Å²) in [6, 6.07) is 1.51. The van der Waals surface area contributed by atoms with Gasteiger partial charge in [0.15, 0.2) is 0 Å². The van der Waals surface area contributed by atoms with E-state index in [-0.39, 0.29) is 28.6 Å². The molecule has 0 aliphatic carbocycles. The molecular weight excluding hydrogens is 844 g/mol. The molecule has 0 aromatic carbocycles. The molecule has 3 fully saturated rings. The molecule has 6 unspecified atom stereocenters. The number of ether oxygens (including phenoxy) is 2. The monoisotopic (exact) mass is 868 g/mol. The topological polar surface area (TPSA) is 306 Å². The van der Waals surface area contributed by atoms with Crippen molar-refractivity contribution in [2.75, 3.05) is 24.7 Å². The molecule has 8 N–H and O–H groups in total. The SMILES string of the molecule is Nc1nc2c(ncn2[C@@H]2O[C@@H]3COP(=O)(O)OC4C(O)[C@H](n5ccc6c(N)ncnc65)O[C@@H]4COP(=O)(O)OC2C3O[I-]C(F)(F)F)c(=O)[nH]1. The predicted molar refractivity (Wildman–Crippen MR) is 151 cm³/mol. The molecule has 0 radical (unpaired) electrons. The number of aliphatic hydroxyl groups is 1. The molecular formula is C22H24F3IN9O13P2-. The van der Waals surface area contributed by atoms with Crippen LogP contribution in [0.2, 0.25) is 0 Å². The van der Waals surface area contributed by atoms with Gasteiger partial charge >= 0.3 is 247 Å². The molecule has 3 saturated heterocycles. The normalized spacial score (nSPS) is 35.6. The zero-order valence-corrected chi connectivity index (χ0v) is 28.5. The minimum atomic E-state index is -5.35. The Hall–Kier alpha value is -2.85. The van der Waals surface area contributed by atoms with Gasteiger partial charge < -0.3 is 5.73 Å². The quantitative estimate of drug-likeness (QED) is 0.0669. The Morgan fingerprint density at radius 1 is 0.980 bits per heavy atom. The maximum atomic E-state index is 13.4. The molecule has 2 bridgehead atoms. The number of fused-ring (bicyclic) bond motifs is 5. The first-order chi connectivity index (χ1) is 23.5. The fourth-order valence-corrected chi connectivity index (χ4v) is 8.72. The Morgan fingerprint density at radius 2 is 1.66 bits per heavy atom. The van der Waals surface area contributed by atoms with E-state index < -0.39 is 109 Å². The molecule has 0 saturated carbocycles. The zero-order valence-electron chi connectivity index (χ0n) is 24.5. The van der Waals surface area contributed by atoms with E-state index in [0.29, 0.717) is 5.39 Å². The van der Waals surface area contributed by atoms with Gasteiger partial charge in [0.25, 0.3) is 0 Å². The number of phosphoric acid groups is 2. The molecule has 3 aliphatic rings. The van der Waals surface area contributed by atoms with E-state index in [1.165, 1.54) is 16.8 Å². The molecule has 7 heterocycles. The van der Waals surface area contributed by atoms with Crippen LogP contribution < -0.4 is 38.6 Å². The van der Waals surface area contributed by atoms with E-state index in [2.05, 4.69) is 24.9 Å². The van der Waals surface area contributed by atoms with Crippen LogP contribution in [-0.2, 0) is 39.8 Å². The van der Waals surface area contributed by atoms with Crippen LogP contribution >= 0.6 is 15.6 Å². The summed E-state index contributed by atoms with van der Waals surface area (Å²) in [6.07, 6.45) is -10.3. The fourth-order valence-electron chi connectivity index (χ4n) is 5.63. The van der Waals surface area contributed by atoms with E-state index in [1.807, 2.05) is 0 Å². The Morgan fingerprint density at radius 3 is 2.38 bits per heavy atom. The number of aliphatic hydroxyl groups excluding tert-OH is 1. The first kappa shape index (κ1) is 35.5. The summed E-state index contributed by atoms with van der Waals surface area (Å²) < 4.78 is 102. The third-order valence-corrected chi connectivity index (χ3v) is 11.0. The average molecular weight is 868 g/mol. The summed E-state index contributed by atoms with van der Waals surface area (Å²) in [4.78, 5) is 52.1. The summed E-state index contributed by atoms with van der Waals surface area (Å²) in [6.45, 7) is -1.97. The van der Waals surface area contributed by atoms with Crippen molar-refractivity contribution in [1.82, 2.24) is 34.1 Å². The summed E-state index contributed by atoms with van der Waals surface area (Å²) in [7, 11) is -10.6. The number of halogens is 4. The third-order valence-electron chi connectivity index (χ3n) is 7.68. The number of nitrogens with two attached hydrogens (primary N) is 2. The van der Waals surface area contributed by atoms with Crippen LogP contribution in [-0.4, -0.2) is 103 Å². The third kappa shape index (κ3) is 6.87. The van der Waals surface area contributed by atoms with E-state index in [9.17, 15) is 42.0 Å². The van der Waals surface area contributed by atoms with Crippen molar-refractivity contribution < 1.29 is 89.4 Å². The van der Waals surface area contributed by atoms with Crippen LogP contribution in [0, 0.1) is 0 Å².